The predicted molar refractivity (Wildman–Crippen MR) is 106 cm³/mol. The first kappa shape index (κ1) is 18.1. The van der Waals surface area contributed by atoms with Gasteiger partial charge in [-0.05, 0) is 60.1 Å². The van der Waals surface area contributed by atoms with Crippen LogP contribution in [0.4, 0.5) is 0 Å². The van der Waals surface area contributed by atoms with Crippen LogP contribution in [0.3, 0.4) is 0 Å². The molecule has 4 atom stereocenters. The van der Waals surface area contributed by atoms with E-state index in [4.69, 9.17) is 40.5 Å². The Morgan fingerprint density at radius 1 is 1.04 bits per heavy atom. The number of carbonyl (C=O) groups excluding carboxylic acids is 1. The van der Waals surface area contributed by atoms with Gasteiger partial charge < -0.3 is 11.1 Å². The molecular formula is C20H19Cl3N2O. The molecule has 1 heterocycles. The molecule has 26 heavy (non-hydrogen) atoms. The molecule has 0 spiro atoms. The van der Waals surface area contributed by atoms with Crippen molar-refractivity contribution in [3.8, 4) is 0 Å². The van der Waals surface area contributed by atoms with E-state index in [1.165, 1.54) is 0 Å². The van der Waals surface area contributed by atoms with E-state index in [2.05, 4.69) is 5.32 Å². The molecule has 0 unspecified atom stereocenters. The Bertz CT molecular complexity index is 855. The Hall–Kier alpha value is -1.26. The minimum Gasteiger partial charge on any atom is -0.354 e. The van der Waals surface area contributed by atoms with Gasteiger partial charge in [0.2, 0.25) is 5.91 Å². The van der Waals surface area contributed by atoms with Crippen molar-refractivity contribution in [3.63, 3.8) is 0 Å². The average molecular weight is 410 g/mol. The Morgan fingerprint density at radius 3 is 2.42 bits per heavy atom. The third-order valence-corrected chi connectivity index (χ3v) is 6.73. The zero-order valence-corrected chi connectivity index (χ0v) is 16.3. The number of hydrogen-bond acceptors (Lipinski definition) is 2. The molecule has 2 aliphatic rings. The lowest BCUT2D eigenvalue weighted by Crippen LogP contribution is -2.56. The lowest BCUT2D eigenvalue weighted by molar-refractivity contribution is -0.125. The number of fused-ring (bicyclic) bond motifs is 1. The van der Waals surface area contributed by atoms with Gasteiger partial charge in [-0.25, -0.2) is 0 Å². The molecule has 4 rings (SSSR count). The van der Waals surface area contributed by atoms with Crippen molar-refractivity contribution in [2.24, 2.45) is 11.7 Å². The molecule has 0 bridgehead atoms. The average Bonchev–Trinajstić information content (AvgIpc) is 2.91. The first-order valence-electron chi connectivity index (χ1n) is 8.68. The zero-order chi connectivity index (χ0) is 18.5. The van der Waals surface area contributed by atoms with E-state index in [0.29, 0.717) is 28.0 Å². The van der Waals surface area contributed by atoms with Crippen molar-refractivity contribution in [3.05, 3.63) is 68.7 Å². The number of amides is 1. The predicted octanol–water partition coefficient (Wildman–Crippen LogP) is 4.75. The van der Waals surface area contributed by atoms with Crippen molar-refractivity contribution in [2.45, 2.75) is 30.2 Å². The van der Waals surface area contributed by atoms with Gasteiger partial charge in [-0.2, -0.15) is 0 Å². The first-order chi connectivity index (χ1) is 12.4. The van der Waals surface area contributed by atoms with Crippen LogP contribution in [0.5, 0.6) is 0 Å². The van der Waals surface area contributed by atoms with Gasteiger partial charge in [-0.1, -0.05) is 53.0 Å². The van der Waals surface area contributed by atoms with E-state index < -0.39 is 5.54 Å². The second-order valence-electron chi connectivity index (χ2n) is 7.25. The second-order valence-corrected chi connectivity index (χ2v) is 8.53. The fourth-order valence-corrected chi connectivity index (χ4v) is 5.29. The number of hydrogen-bond donors (Lipinski definition) is 2. The van der Waals surface area contributed by atoms with E-state index in [9.17, 15) is 4.79 Å². The van der Waals surface area contributed by atoms with Crippen molar-refractivity contribution in [1.29, 1.82) is 0 Å². The highest BCUT2D eigenvalue weighted by molar-refractivity contribution is 6.35. The topological polar surface area (TPSA) is 55.1 Å². The molecule has 3 nitrogen and oxygen atoms in total. The van der Waals surface area contributed by atoms with Crippen molar-refractivity contribution < 1.29 is 4.79 Å². The summed E-state index contributed by atoms with van der Waals surface area (Å²) >= 11 is 18.7. The summed E-state index contributed by atoms with van der Waals surface area (Å²) < 4.78 is 0. The van der Waals surface area contributed by atoms with Gasteiger partial charge in [-0.3, -0.25) is 4.79 Å². The second kappa shape index (κ2) is 6.72. The number of rotatable bonds is 2. The number of benzene rings is 2. The molecule has 2 aromatic carbocycles. The summed E-state index contributed by atoms with van der Waals surface area (Å²) in [6.45, 7) is 0.574. The molecule has 2 aromatic rings. The molecule has 1 amide bonds. The molecule has 3 N–H and O–H groups in total. The van der Waals surface area contributed by atoms with Crippen molar-refractivity contribution in [2.75, 3.05) is 6.54 Å². The van der Waals surface area contributed by atoms with Gasteiger partial charge in [0, 0.05) is 27.5 Å². The summed E-state index contributed by atoms with van der Waals surface area (Å²) in [5.74, 6) is 0.183. The van der Waals surface area contributed by atoms with E-state index >= 15 is 0 Å². The molecule has 0 radical (unpaired) electrons. The summed E-state index contributed by atoms with van der Waals surface area (Å²) in [5, 5.41) is 4.92. The highest BCUT2D eigenvalue weighted by Gasteiger charge is 2.55. The van der Waals surface area contributed by atoms with Crippen molar-refractivity contribution in [1.82, 2.24) is 5.32 Å². The normalized spacial score (nSPS) is 30.8. The van der Waals surface area contributed by atoms with Crippen LogP contribution in [0.2, 0.25) is 15.1 Å². The first-order valence-corrected chi connectivity index (χ1v) is 9.81. The number of nitrogens with one attached hydrogen (secondary N) is 1. The summed E-state index contributed by atoms with van der Waals surface area (Å²) in [7, 11) is 0. The van der Waals surface area contributed by atoms with E-state index in [-0.39, 0.29) is 23.7 Å². The van der Waals surface area contributed by atoms with Gasteiger partial charge in [0.15, 0.2) is 0 Å². The highest BCUT2D eigenvalue weighted by atomic mass is 35.5. The van der Waals surface area contributed by atoms with Crippen LogP contribution in [-0.2, 0) is 4.79 Å². The summed E-state index contributed by atoms with van der Waals surface area (Å²) in [5.41, 5.74) is 7.92. The maximum absolute atomic E-state index is 12.4. The van der Waals surface area contributed by atoms with Crippen LogP contribution in [0.15, 0.2) is 42.5 Å². The Kier molecular flexibility index (Phi) is 4.68. The SMILES string of the molecule is N[C@@]12CC[C@@H](c3ccc(Cl)cc3Cl)[C@H](c3ccc(Cl)cc3)[C@@H]1CNC2=O. The van der Waals surface area contributed by atoms with Crippen LogP contribution in [0.1, 0.15) is 35.8 Å². The third kappa shape index (κ3) is 2.91. The highest BCUT2D eigenvalue weighted by Crippen LogP contribution is 2.53. The zero-order valence-electron chi connectivity index (χ0n) is 14.0. The number of carbonyl (C=O) groups is 1. The monoisotopic (exact) mass is 408 g/mol. The maximum atomic E-state index is 12.4. The molecule has 1 saturated heterocycles. The molecule has 0 aromatic heterocycles. The van der Waals surface area contributed by atoms with Crippen LogP contribution in [0, 0.1) is 5.92 Å². The Balaban J connectivity index is 1.82. The van der Waals surface area contributed by atoms with Gasteiger partial charge in [0.25, 0.3) is 0 Å². The van der Waals surface area contributed by atoms with E-state index in [1.807, 2.05) is 36.4 Å². The lowest BCUT2D eigenvalue weighted by atomic mass is 9.60. The van der Waals surface area contributed by atoms with E-state index in [0.717, 1.165) is 17.5 Å². The molecule has 2 fully saturated rings. The Labute approximate surface area is 167 Å². The fraction of sp³-hybridized carbons (Fsp3) is 0.350. The standard InChI is InChI=1S/C20H19Cl3N2O/c21-12-3-1-11(2-4-12)18-15(14-6-5-13(22)9-17(14)23)7-8-20(24)16(18)10-25-19(20)26/h1-6,9,15-16,18H,7-8,10,24H2,(H,25,26)/t15-,16-,18-,20-/m0/s1. The minimum atomic E-state index is -0.834. The molecule has 1 aliphatic carbocycles. The quantitative estimate of drug-likeness (QED) is 0.752. The smallest absolute Gasteiger partial charge is 0.240 e. The third-order valence-electron chi connectivity index (χ3n) is 5.92. The summed E-state index contributed by atoms with van der Waals surface area (Å²) in [4.78, 5) is 12.4. The molecule has 1 saturated carbocycles. The van der Waals surface area contributed by atoms with Crippen LogP contribution < -0.4 is 11.1 Å². The van der Waals surface area contributed by atoms with Gasteiger partial charge in [0.1, 0.15) is 5.54 Å². The van der Waals surface area contributed by atoms with Gasteiger partial charge >= 0.3 is 0 Å². The Morgan fingerprint density at radius 2 is 1.73 bits per heavy atom. The maximum Gasteiger partial charge on any atom is 0.240 e. The van der Waals surface area contributed by atoms with E-state index in [1.54, 1.807) is 6.07 Å². The molecule has 6 heteroatoms. The minimum absolute atomic E-state index is 0.00155. The van der Waals surface area contributed by atoms with Gasteiger partial charge in [0.05, 0.1) is 0 Å². The summed E-state index contributed by atoms with van der Waals surface area (Å²) in [6.07, 6.45) is 1.42. The fourth-order valence-electron chi connectivity index (χ4n) is 4.62. The molecule has 136 valence electrons. The van der Waals surface area contributed by atoms with Crippen LogP contribution in [0.25, 0.3) is 0 Å². The summed E-state index contributed by atoms with van der Waals surface area (Å²) in [6, 6.07) is 13.5. The van der Waals surface area contributed by atoms with Crippen LogP contribution >= 0.6 is 34.8 Å². The molecule has 1 aliphatic heterocycles. The van der Waals surface area contributed by atoms with Crippen molar-refractivity contribution >= 4 is 40.7 Å². The lowest BCUT2D eigenvalue weighted by Gasteiger charge is -2.44. The number of nitrogens with two attached hydrogens (primary N) is 1. The molecular weight excluding hydrogens is 391 g/mol. The number of halogens is 3. The van der Waals surface area contributed by atoms with Crippen LogP contribution in [-0.4, -0.2) is 18.0 Å². The largest absolute Gasteiger partial charge is 0.354 e. The van der Waals surface area contributed by atoms with Gasteiger partial charge in [-0.15, -0.1) is 0 Å².